The van der Waals surface area contributed by atoms with Gasteiger partial charge in [-0.2, -0.15) is 0 Å². The molecule has 2 unspecified atom stereocenters. The number of rotatable bonds is 5. The first-order valence-electron chi connectivity index (χ1n) is 7.94. The molecule has 1 saturated heterocycles. The molecule has 21 heavy (non-hydrogen) atoms. The minimum absolute atomic E-state index is 0.0522. The predicted molar refractivity (Wildman–Crippen MR) is 78.1 cm³/mol. The fraction of sp³-hybridized carbons (Fsp3) is 0.867. The molecule has 0 bridgehead atoms. The first kappa shape index (κ1) is 16.1. The van der Waals surface area contributed by atoms with Crippen LogP contribution in [-0.4, -0.2) is 54.4 Å². The lowest BCUT2D eigenvalue weighted by molar-refractivity contribution is -0.141. The van der Waals surface area contributed by atoms with E-state index in [9.17, 15) is 14.7 Å². The Labute approximate surface area is 125 Å². The molecule has 0 aromatic heterocycles. The van der Waals surface area contributed by atoms with E-state index in [4.69, 9.17) is 4.74 Å². The maximum atomic E-state index is 12.2. The second-order valence-corrected chi connectivity index (χ2v) is 6.18. The normalized spacial score (nSPS) is 24.5. The molecule has 1 saturated carbocycles. The zero-order valence-corrected chi connectivity index (χ0v) is 12.7. The highest BCUT2D eigenvalue weighted by Crippen LogP contribution is 2.26. The summed E-state index contributed by atoms with van der Waals surface area (Å²) in [5.74, 6) is -0.878. The number of nitrogens with one attached hydrogen (secondary N) is 1. The fourth-order valence-corrected chi connectivity index (χ4v) is 3.27. The second-order valence-electron chi connectivity index (χ2n) is 6.18. The van der Waals surface area contributed by atoms with Gasteiger partial charge in [-0.05, 0) is 31.6 Å². The van der Waals surface area contributed by atoms with E-state index in [1.165, 1.54) is 4.90 Å². The third-order valence-corrected chi connectivity index (χ3v) is 4.51. The Bertz CT molecular complexity index is 363. The van der Waals surface area contributed by atoms with E-state index in [0.29, 0.717) is 6.54 Å². The van der Waals surface area contributed by atoms with Gasteiger partial charge in [0.05, 0.1) is 6.10 Å². The first-order chi connectivity index (χ1) is 10.1. The maximum absolute atomic E-state index is 12.2. The van der Waals surface area contributed by atoms with Crippen LogP contribution in [0.4, 0.5) is 4.79 Å². The van der Waals surface area contributed by atoms with Crippen molar-refractivity contribution in [3.8, 4) is 0 Å². The van der Waals surface area contributed by atoms with Gasteiger partial charge in [0, 0.05) is 20.2 Å². The summed E-state index contributed by atoms with van der Waals surface area (Å²) < 4.78 is 5.50. The van der Waals surface area contributed by atoms with Gasteiger partial charge < -0.3 is 20.1 Å². The Kier molecular flexibility index (Phi) is 5.85. The van der Waals surface area contributed by atoms with Crippen molar-refractivity contribution in [2.24, 2.45) is 5.92 Å². The Morgan fingerprint density at radius 2 is 1.95 bits per heavy atom. The van der Waals surface area contributed by atoms with Crippen LogP contribution < -0.4 is 5.32 Å². The lowest BCUT2D eigenvalue weighted by Crippen LogP contribution is -2.51. The molecule has 2 rings (SSSR count). The maximum Gasteiger partial charge on any atom is 0.326 e. The molecule has 6 heteroatoms. The van der Waals surface area contributed by atoms with Gasteiger partial charge in [-0.25, -0.2) is 9.59 Å². The Morgan fingerprint density at radius 3 is 2.52 bits per heavy atom. The number of hydrogen-bond donors (Lipinski definition) is 2. The number of likely N-dealkylation sites (N-methyl/N-ethyl adjacent to an activating group) is 1. The van der Waals surface area contributed by atoms with Crippen molar-refractivity contribution >= 4 is 12.0 Å². The summed E-state index contributed by atoms with van der Waals surface area (Å²) in [6, 6.07) is -1.09. The van der Waals surface area contributed by atoms with Crippen molar-refractivity contribution in [2.45, 2.75) is 57.1 Å². The standard InChI is InChI=1S/C15H26N2O4/c1-17(10-12-8-5-9-21-12)15(20)16-13(14(18)19)11-6-3-2-4-7-11/h11-13H,2-10H2,1H3,(H,16,20)(H,18,19). The monoisotopic (exact) mass is 298 g/mol. The summed E-state index contributed by atoms with van der Waals surface area (Å²) in [5.41, 5.74) is 0. The van der Waals surface area contributed by atoms with E-state index in [2.05, 4.69) is 5.32 Å². The fourth-order valence-electron chi connectivity index (χ4n) is 3.27. The van der Waals surface area contributed by atoms with E-state index >= 15 is 0 Å². The number of carboxylic acids is 1. The summed E-state index contributed by atoms with van der Waals surface area (Å²) in [6.45, 7) is 1.27. The van der Waals surface area contributed by atoms with Crippen LogP contribution in [0.2, 0.25) is 0 Å². The topological polar surface area (TPSA) is 78.9 Å². The summed E-state index contributed by atoms with van der Waals surface area (Å²) in [6.07, 6.45) is 7.10. The van der Waals surface area contributed by atoms with Crippen molar-refractivity contribution in [1.29, 1.82) is 0 Å². The summed E-state index contributed by atoms with van der Waals surface area (Å²) >= 11 is 0. The average Bonchev–Trinajstić information content (AvgIpc) is 2.98. The number of amides is 2. The Balaban J connectivity index is 1.86. The molecule has 0 aromatic carbocycles. The van der Waals surface area contributed by atoms with Crippen LogP contribution >= 0.6 is 0 Å². The molecule has 2 fully saturated rings. The molecule has 2 aliphatic rings. The molecule has 1 aliphatic carbocycles. The van der Waals surface area contributed by atoms with E-state index in [1.54, 1.807) is 7.05 Å². The van der Waals surface area contributed by atoms with Gasteiger partial charge in [0.2, 0.25) is 0 Å². The third kappa shape index (κ3) is 4.59. The minimum Gasteiger partial charge on any atom is -0.480 e. The zero-order valence-electron chi connectivity index (χ0n) is 12.7. The van der Waals surface area contributed by atoms with Crippen LogP contribution in [0.3, 0.4) is 0 Å². The average molecular weight is 298 g/mol. The smallest absolute Gasteiger partial charge is 0.326 e. The zero-order chi connectivity index (χ0) is 15.2. The van der Waals surface area contributed by atoms with Gasteiger partial charge in [0.1, 0.15) is 6.04 Å². The van der Waals surface area contributed by atoms with Gasteiger partial charge in [-0.1, -0.05) is 19.3 Å². The van der Waals surface area contributed by atoms with E-state index in [1.807, 2.05) is 0 Å². The number of carbonyl (C=O) groups is 2. The van der Waals surface area contributed by atoms with Crippen LogP contribution in [0.25, 0.3) is 0 Å². The van der Waals surface area contributed by atoms with Crippen molar-refractivity contribution in [1.82, 2.24) is 10.2 Å². The van der Waals surface area contributed by atoms with E-state index in [-0.39, 0.29) is 18.1 Å². The minimum atomic E-state index is -0.930. The SMILES string of the molecule is CN(CC1CCCO1)C(=O)NC(C(=O)O)C1CCCCC1. The number of ether oxygens (including phenoxy) is 1. The number of nitrogens with zero attached hydrogens (tertiary/aromatic N) is 1. The molecule has 1 heterocycles. The number of carbonyl (C=O) groups excluding carboxylic acids is 1. The van der Waals surface area contributed by atoms with Crippen molar-refractivity contribution < 1.29 is 19.4 Å². The van der Waals surface area contributed by atoms with Crippen molar-refractivity contribution in [2.75, 3.05) is 20.2 Å². The summed E-state index contributed by atoms with van der Waals surface area (Å²) in [5, 5.41) is 12.1. The van der Waals surface area contributed by atoms with E-state index < -0.39 is 12.0 Å². The molecule has 6 nitrogen and oxygen atoms in total. The lowest BCUT2D eigenvalue weighted by Gasteiger charge is -2.30. The highest BCUT2D eigenvalue weighted by atomic mass is 16.5. The Morgan fingerprint density at radius 1 is 1.24 bits per heavy atom. The van der Waals surface area contributed by atoms with Gasteiger partial charge in [-0.15, -0.1) is 0 Å². The second kappa shape index (κ2) is 7.64. The van der Waals surface area contributed by atoms with Gasteiger partial charge in [0.15, 0.2) is 0 Å². The first-order valence-corrected chi connectivity index (χ1v) is 7.94. The van der Waals surface area contributed by atoms with Crippen LogP contribution in [0.15, 0.2) is 0 Å². The quantitative estimate of drug-likeness (QED) is 0.811. The van der Waals surface area contributed by atoms with Crippen molar-refractivity contribution in [3.63, 3.8) is 0 Å². The molecule has 2 amide bonds. The van der Waals surface area contributed by atoms with Crippen molar-refractivity contribution in [3.05, 3.63) is 0 Å². The molecular formula is C15H26N2O4. The van der Waals surface area contributed by atoms with Gasteiger partial charge in [-0.3, -0.25) is 0 Å². The van der Waals surface area contributed by atoms with E-state index in [0.717, 1.165) is 51.6 Å². The highest BCUT2D eigenvalue weighted by Gasteiger charge is 2.32. The van der Waals surface area contributed by atoms with Crippen LogP contribution in [0.1, 0.15) is 44.9 Å². The van der Waals surface area contributed by atoms with Crippen LogP contribution in [0.5, 0.6) is 0 Å². The molecule has 0 radical (unpaired) electrons. The molecule has 0 spiro atoms. The van der Waals surface area contributed by atoms with Crippen LogP contribution in [-0.2, 0) is 9.53 Å². The Hall–Kier alpha value is -1.30. The number of urea groups is 1. The molecule has 2 N–H and O–H groups in total. The summed E-state index contributed by atoms with van der Waals surface area (Å²) in [7, 11) is 1.69. The van der Waals surface area contributed by atoms with Crippen LogP contribution in [0, 0.1) is 5.92 Å². The predicted octanol–water partition coefficient (Wildman–Crippen LogP) is 1.84. The molecule has 120 valence electrons. The molecule has 1 aliphatic heterocycles. The van der Waals surface area contributed by atoms with Gasteiger partial charge >= 0.3 is 12.0 Å². The molecular weight excluding hydrogens is 272 g/mol. The number of aliphatic carboxylic acids is 1. The lowest BCUT2D eigenvalue weighted by atomic mass is 9.84. The molecule has 0 aromatic rings. The third-order valence-electron chi connectivity index (χ3n) is 4.51. The summed E-state index contributed by atoms with van der Waals surface area (Å²) in [4.78, 5) is 25.2. The largest absolute Gasteiger partial charge is 0.480 e. The molecule has 2 atom stereocenters. The highest BCUT2D eigenvalue weighted by molar-refractivity contribution is 5.82. The van der Waals surface area contributed by atoms with Gasteiger partial charge in [0.25, 0.3) is 0 Å². The number of hydrogen-bond acceptors (Lipinski definition) is 3. The number of carboxylic acid groups (broad SMARTS) is 1.